The van der Waals surface area contributed by atoms with Gasteiger partial charge in [0.1, 0.15) is 0 Å². The number of sulfonamides is 1. The molecular formula is C23H31N7O4S. The van der Waals surface area contributed by atoms with Crippen molar-refractivity contribution in [1.82, 2.24) is 23.9 Å². The number of likely N-dealkylation sites (N-methyl/N-ethyl adjacent to an activating group) is 1. The first kappa shape index (κ1) is 23.8. The number of fused-ring (bicyclic) bond motifs is 2. The van der Waals surface area contributed by atoms with E-state index < -0.39 is 15.4 Å². The van der Waals surface area contributed by atoms with Crippen LogP contribution in [0.25, 0.3) is 0 Å². The van der Waals surface area contributed by atoms with Gasteiger partial charge in [0.2, 0.25) is 15.9 Å². The van der Waals surface area contributed by atoms with Crippen LogP contribution in [-0.2, 0) is 27.3 Å². The average Bonchev–Trinajstić information content (AvgIpc) is 3.52. The molecule has 1 spiro atoms. The van der Waals surface area contributed by atoms with Gasteiger partial charge in [0.15, 0.2) is 5.82 Å². The molecule has 1 atom stereocenters. The highest BCUT2D eigenvalue weighted by molar-refractivity contribution is 7.89. The summed E-state index contributed by atoms with van der Waals surface area (Å²) in [6.45, 7) is 5.17. The van der Waals surface area contributed by atoms with E-state index in [0.717, 1.165) is 5.56 Å². The number of hydrogen-bond donors (Lipinski definition) is 1. The number of benzene rings is 1. The maximum Gasteiger partial charge on any atom is 0.327 e. The SMILES string of the molecule is CC(=O)N1CCC2(C1)CN(C(=O)Nc1ccn(C)n1)c1ccc(S(=O)(=O)N3CCN(C)CC3)cc12. The van der Waals surface area contributed by atoms with Crippen molar-refractivity contribution < 1.29 is 18.0 Å². The number of nitrogens with one attached hydrogen (secondary N) is 1. The molecule has 11 nitrogen and oxygen atoms in total. The van der Waals surface area contributed by atoms with Gasteiger partial charge in [-0.25, -0.2) is 13.2 Å². The average molecular weight is 502 g/mol. The van der Waals surface area contributed by atoms with Crippen LogP contribution in [0.4, 0.5) is 16.3 Å². The number of amides is 3. The molecule has 0 saturated carbocycles. The number of piperazine rings is 1. The molecule has 4 heterocycles. The molecule has 0 aliphatic carbocycles. The number of carbonyl (C=O) groups is 2. The first-order valence-corrected chi connectivity index (χ1v) is 13.2. The Balaban J connectivity index is 1.50. The summed E-state index contributed by atoms with van der Waals surface area (Å²) >= 11 is 0. The van der Waals surface area contributed by atoms with Gasteiger partial charge in [0.25, 0.3) is 0 Å². The van der Waals surface area contributed by atoms with Crippen molar-refractivity contribution in [2.45, 2.75) is 23.7 Å². The molecule has 188 valence electrons. The zero-order valence-corrected chi connectivity index (χ0v) is 21.1. The summed E-state index contributed by atoms with van der Waals surface area (Å²) < 4.78 is 30.1. The molecule has 3 amide bonds. The van der Waals surface area contributed by atoms with Crippen LogP contribution in [0.1, 0.15) is 18.9 Å². The van der Waals surface area contributed by atoms with Gasteiger partial charge in [-0.3, -0.25) is 19.7 Å². The molecule has 2 aromatic rings. The molecule has 1 aromatic heterocycles. The summed E-state index contributed by atoms with van der Waals surface area (Å²) in [6.07, 6.45) is 2.40. The van der Waals surface area contributed by atoms with E-state index in [4.69, 9.17) is 0 Å². The van der Waals surface area contributed by atoms with Crippen LogP contribution < -0.4 is 10.2 Å². The van der Waals surface area contributed by atoms with E-state index in [9.17, 15) is 18.0 Å². The zero-order chi connectivity index (χ0) is 25.0. The van der Waals surface area contributed by atoms with Crippen molar-refractivity contribution in [2.24, 2.45) is 7.05 Å². The molecule has 1 N–H and O–H groups in total. The Morgan fingerprint density at radius 2 is 1.77 bits per heavy atom. The van der Waals surface area contributed by atoms with Gasteiger partial charge in [0.05, 0.1) is 4.90 Å². The Hall–Kier alpha value is -2.96. The standard InChI is InChI=1S/C23H31N7O4S/c1-17(31)28-9-7-23(15-28)16-30(22(32)24-21-6-8-27(3)25-21)20-5-4-18(14-19(20)23)35(33,34)29-12-10-26(2)11-13-29/h4-6,8,14H,7,9-13,15-16H2,1-3H3,(H,24,25,32). The summed E-state index contributed by atoms with van der Waals surface area (Å²) in [5.41, 5.74) is 0.949. The number of hydrogen-bond acceptors (Lipinski definition) is 6. The minimum atomic E-state index is -3.67. The molecule has 1 unspecified atom stereocenters. The van der Waals surface area contributed by atoms with Crippen molar-refractivity contribution in [3.05, 3.63) is 36.0 Å². The molecule has 5 rings (SSSR count). The third-order valence-electron chi connectivity index (χ3n) is 7.38. The predicted molar refractivity (Wildman–Crippen MR) is 131 cm³/mol. The molecule has 1 aromatic carbocycles. The fourth-order valence-electron chi connectivity index (χ4n) is 5.32. The summed E-state index contributed by atoms with van der Waals surface area (Å²) in [4.78, 5) is 31.1. The number of urea groups is 1. The molecular weight excluding hydrogens is 470 g/mol. The second-order valence-corrected chi connectivity index (χ2v) is 11.7. The minimum absolute atomic E-state index is 0.0268. The van der Waals surface area contributed by atoms with Gasteiger partial charge in [-0.15, -0.1) is 0 Å². The van der Waals surface area contributed by atoms with Crippen molar-refractivity contribution in [3.8, 4) is 0 Å². The van der Waals surface area contributed by atoms with Gasteiger partial charge in [-0.1, -0.05) is 0 Å². The number of anilines is 2. The minimum Gasteiger partial charge on any atom is -0.342 e. The highest BCUT2D eigenvalue weighted by Crippen LogP contribution is 2.47. The molecule has 3 aliphatic heterocycles. The topological polar surface area (TPSA) is 111 Å². The monoisotopic (exact) mass is 501 g/mol. The first-order valence-electron chi connectivity index (χ1n) is 11.8. The van der Waals surface area contributed by atoms with Gasteiger partial charge < -0.3 is 9.80 Å². The van der Waals surface area contributed by atoms with E-state index in [2.05, 4.69) is 15.3 Å². The number of carbonyl (C=O) groups excluding carboxylic acids is 2. The van der Waals surface area contributed by atoms with Gasteiger partial charge in [0, 0.05) is 83.2 Å². The van der Waals surface area contributed by atoms with Crippen LogP contribution in [0, 0.1) is 0 Å². The maximum atomic E-state index is 13.5. The number of aryl methyl sites for hydroxylation is 1. The second kappa shape index (κ2) is 8.61. The summed E-state index contributed by atoms with van der Waals surface area (Å²) in [5, 5.41) is 7.05. The second-order valence-electron chi connectivity index (χ2n) is 9.75. The Kier molecular flexibility index (Phi) is 5.85. The lowest BCUT2D eigenvalue weighted by molar-refractivity contribution is -0.127. The normalized spacial score (nSPS) is 23.2. The molecule has 35 heavy (non-hydrogen) atoms. The third kappa shape index (κ3) is 4.19. The molecule has 2 saturated heterocycles. The van der Waals surface area contributed by atoms with Gasteiger partial charge >= 0.3 is 6.03 Å². The van der Waals surface area contributed by atoms with E-state index in [1.165, 1.54) is 11.2 Å². The maximum absolute atomic E-state index is 13.5. The largest absolute Gasteiger partial charge is 0.342 e. The third-order valence-corrected chi connectivity index (χ3v) is 9.28. The Morgan fingerprint density at radius 3 is 2.40 bits per heavy atom. The van der Waals surface area contributed by atoms with E-state index in [1.54, 1.807) is 52.0 Å². The van der Waals surface area contributed by atoms with Crippen molar-refractivity contribution in [1.29, 1.82) is 0 Å². The van der Waals surface area contributed by atoms with Crippen LogP contribution in [0.5, 0.6) is 0 Å². The molecule has 12 heteroatoms. The number of rotatable bonds is 3. The highest BCUT2D eigenvalue weighted by Gasteiger charge is 2.50. The van der Waals surface area contributed by atoms with Gasteiger partial charge in [-0.2, -0.15) is 9.40 Å². The van der Waals surface area contributed by atoms with Crippen LogP contribution in [0.15, 0.2) is 35.4 Å². The van der Waals surface area contributed by atoms with Crippen molar-refractivity contribution in [3.63, 3.8) is 0 Å². The van der Waals surface area contributed by atoms with Crippen molar-refractivity contribution >= 4 is 33.5 Å². The lowest BCUT2D eigenvalue weighted by Gasteiger charge is -2.32. The van der Waals surface area contributed by atoms with Crippen molar-refractivity contribution in [2.75, 3.05) is 63.1 Å². The lowest BCUT2D eigenvalue weighted by atomic mass is 9.81. The fourth-order valence-corrected chi connectivity index (χ4v) is 6.77. The molecule has 0 bridgehead atoms. The first-order chi connectivity index (χ1) is 16.6. The van der Waals surface area contributed by atoms with E-state index in [1.807, 2.05) is 7.05 Å². The molecule has 3 aliphatic rings. The smallest absolute Gasteiger partial charge is 0.327 e. The number of aromatic nitrogens is 2. The Morgan fingerprint density at radius 1 is 1.03 bits per heavy atom. The summed E-state index contributed by atoms with van der Waals surface area (Å²) in [7, 11) is 0.0793. The lowest BCUT2D eigenvalue weighted by Crippen LogP contribution is -2.47. The number of likely N-dealkylation sites (tertiary alicyclic amines) is 1. The predicted octanol–water partition coefficient (Wildman–Crippen LogP) is 0.898. The molecule has 0 radical (unpaired) electrons. The number of nitrogens with zero attached hydrogens (tertiary/aromatic N) is 6. The van der Waals surface area contributed by atoms with Crippen LogP contribution >= 0.6 is 0 Å². The Labute approximate surface area is 205 Å². The van der Waals surface area contributed by atoms with E-state index in [-0.39, 0.29) is 16.8 Å². The highest BCUT2D eigenvalue weighted by atomic mass is 32.2. The van der Waals surface area contributed by atoms with E-state index >= 15 is 0 Å². The zero-order valence-electron chi connectivity index (χ0n) is 20.3. The van der Waals surface area contributed by atoms with E-state index in [0.29, 0.717) is 63.7 Å². The van der Waals surface area contributed by atoms with Crippen LogP contribution in [0.3, 0.4) is 0 Å². The van der Waals surface area contributed by atoms with Crippen LogP contribution in [0.2, 0.25) is 0 Å². The quantitative estimate of drug-likeness (QED) is 0.669. The van der Waals surface area contributed by atoms with Gasteiger partial charge in [-0.05, 0) is 37.2 Å². The Bertz CT molecular complexity index is 1270. The molecule has 2 fully saturated rings. The van der Waals surface area contributed by atoms with Crippen LogP contribution in [-0.4, -0.2) is 97.1 Å². The summed E-state index contributed by atoms with van der Waals surface area (Å²) in [6, 6.07) is 6.41. The fraction of sp³-hybridized carbons (Fsp3) is 0.522. The summed E-state index contributed by atoms with van der Waals surface area (Å²) in [5.74, 6) is 0.409.